The fraction of sp³-hybridized carbons (Fsp3) is 0.625. The summed E-state index contributed by atoms with van der Waals surface area (Å²) in [5.41, 5.74) is 6.55. The van der Waals surface area contributed by atoms with E-state index in [9.17, 15) is 4.79 Å². The number of carboxylic acids is 1. The third-order valence-corrected chi connectivity index (χ3v) is 3.07. The summed E-state index contributed by atoms with van der Waals surface area (Å²) in [6, 6.07) is 3.98. The number of carbonyl (C=O) groups is 1. The van der Waals surface area contributed by atoms with E-state index in [2.05, 4.69) is 16.0 Å². The molecule has 0 unspecified atom stereocenters. The fourth-order valence-electron chi connectivity index (χ4n) is 2.09. The molecule has 2 heterocycles. The molecule has 0 atom stereocenters. The highest BCUT2D eigenvalue weighted by Crippen LogP contribution is 2.18. The molecule has 21 heavy (non-hydrogen) atoms. The Bertz CT molecular complexity index is 415. The Hall–Kier alpha value is -1.46. The Morgan fingerprint density at radius 1 is 1.43 bits per heavy atom. The maximum absolute atomic E-state index is 10.8. The Balaban J connectivity index is 0.000000383. The molecule has 0 spiro atoms. The van der Waals surface area contributed by atoms with E-state index in [0.29, 0.717) is 0 Å². The smallest absolute Gasteiger partial charge is 0.306 e. The number of aromatic nitrogens is 1. The first kappa shape index (κ1) is 17.6. The Morgan fingerprint density at radius 3 is 2.43 bits per heavy atom. The molecule has 1 aliphatic rings. The van der Waals surface area contributed by atoms with Crippen molar-refractivity contribution in [2.75, 3.05) is 13.1 Å². The van der Waals surface area contributed by atoms with Crippen LogP contribution in [0.3, 0.4) is 0 Å². The number of piperidine rings is 1. The first-order chi connectivity index (χ1) is 9.75. The maximum atomic E-state index is 10.8. The van der Waals surface area contributed by atoms with Crippen LogP contribution in [0.15, 0.2) is 24.5 Å². The lowest BCUT2D eigenvalue weighted by Crippen LogP contribution is -2.35. The molecule has 1 aromatic heterocycles. The number of aliphatic carboxylic acids is 1. The molecule has 0 aromatic carbocycles. The summed E-state index contributed by atoms with van der Waals surface area (Å²) in [6.45, 7) is 8.50. The molecular weight excluding hydrogens is 266 g/mol. The number of hydrogen-bond donors (Lipinski definition) is 2. The Morgan fingerprint density at radius 2 is 2.00 bits per heavy atom. The number of likely N-dealkylation sites (tertiary alicyclic amines) is 1. The molecule has 0 bridgehead atoms. The molecule has 5 nitrogen and oxygen atoms in total. The van der Waals surface area contributed by atoms with Gasteiger partial charge in [-0.1, -0.05) is 6.07 Å². The molecule has 118 valence electrons. The number of rotatable bonds is 3. The summed E-state index contributed by atoms with van der Waals surface area (Å²) in [7, 11) is 0. The predicted octanol–water partition coefficient (Wildman–Crippen LogP) is 2.12. The molecule has 0 aliphatic carbocycles. The Labute approximate surface area is 127 Å². The fourth-order valence-corrected chi connectivity index (χ4v) is 2.09. The lowest BCUT2D eigenvalue weighted by Gasteiger charge is -2.29. The third kappa shape index (κ3) is 8.42. The van der Waals surface area contributed by atoms with Gasteiger partial charge in [0.25, 0.3) is 0 Å². The normalized spacial score (nSPS) is 17.0. The van der Waals surface area contributed by atoms with Crippen LogP contribution >= 0.6 is 0 Å². The van der Waals surface area contributed by atoms with E-state index in [4.69, 9.17) is 10.8 Å². The van der Waals surface area contributed by atoms with Crippen LogP contribution in [0.2, 0.25) is 0 Å². The molecule has 1 aromatic rings. The number of nitrogens with two attached hydrogens (primary N) is 1. The Kier molecular flexibility index (Phi) is 6.78. The molecule has 0 amide bonds. The summed E-state index contributed by atoms with van der Waals surface area (Å²) >= 11 is 0. The zero-order valence-electron chi connectivity index (χ0n) is 13.2. The summed E-state index contributed by atoms with van der Waals surface area (Å²) in [4.78, 5) is 17.2. The van der Waals surface area contributed by atoms with Gasteiger partial charge in [0, 0.05) is 24.5 Å². The topological polar surface area (TPSA) is 79.5 Å². The molecule has 1 saturated heterocycles. The van der Waals surface area contributed by atoms with E-state index >= 15 is 0 Å². The monoisotopic (exact) mass is 293 g/mol. The summed E-state index contributed by atoms with van der Waals surface area (Å²) in [5, 5.41) is 8.89. The minimum atomic E-state index is -0.652. The van der Waals surface area contributed by atoms with E-state index in [1.165, 1.54) is 5.56 Å². The second-order valence-corrected chi connectivity index (χ2v) is 6.62. The van der Waals surface area contributed by atoms with Gasteiger partial charge in [0.15, 0.2) is 0 Å². The minimum Gasteiger partial charge on any atom is -0.481 e. The van der Waals surface area contributed by atoms with Gasteiger partial charge in [-0.25, -0.2) is 0 Å². The molecule has 0 saturated carbocycles. The van der Waals surface area contributed by atoms with Crippen LogP contribution in [-0.4, -0.2) is 39.6 Å². The van der Waals surface area contributed by atoms with Crippen molar-refractivity contribution in [2.24, 2.45) is 11.7 Å². The molecule has 2 rings (SSSR count). The molecule has 0 radical (unpaired) electrons. The van der Waals surface area contributed by atoms with Crippen molar-refractivity contribution in [2.45, 2.75) is 45.7 Å². The van der Waals surface area contributed by atoms with Crippen molar-refractivity contribution >= 4 is 5.97 Å². The third-order valence-electron chi connectivity index (χ3n) is 3.07. The van der Waals surface area contributed by atoms with Crippen molar-refractivity contribution in [3.05, 3.63) is 30.1 Å². The quantitative estimate of drug-likeness (QED) is 0.892. The number of hydrogen-bond acceptors (Lipinski definition) is 4. The summed E-state index contributed by atoms with van der Waals surface area (Å²) < 4.78 is 0. The lowest BCUT2D eigenvalue weighted by molar-refractivity contribution is -0.143. The van der Waals surface area contributed by atoms with Crippen LogP contribution in [0.5, 0.6) is 0 Å². The highest BCUT2D eigenvalue weighted by Gasteiger charge is 2.24. The number of nitrogens with zero attached hydrogens (tertiary/aromatic N) is 2. The highest BCUT2D eigenvalue weighted by atomic mass is 16.4. The average molecular weight is 293 g/mol. The SMILES string of the molecule is CC(C)(C)N.O=C(O)C1CCN(Cc2cccnc2)CC1. The van der Waals surface area contributed by atoms with Gasteiger partial charge in [-0.05, 0) is 58.3 Å². The zero-order valence-corrected chi connectivity index (χ0v) is 13.2. The second kappa shape index (κ2) is 8.10. The summed E-state index contributed by atoms with van der Waals surface area (Å²) in [6.07, 6.45) is 5.15. The van der Waals surface area contributed by atoms with Gasteiger partial charge in [-0.15, -0.1) is 0 Å². The minimum absolute atomic E-state index is 0. The molecule has 1 fully saturated rings. The maximum Gasteiger partial charge on any atom is 0.306 e. The molecule has 3 N–H and O–H groups in total. The van der Waals surface area contributed by atoms with Crippen molar-refractivity contribution in [3.63, 3.8) is 0 Å². The largest absolute Gasteiger partial charge is 0.481 e. The van der Waals surface area contributed by atoms with Gasteiger partial charge in [-0.3, -0.25) is 14.7 Å². The van der Waals surface area contributed by atoms with Crippen molar-refractivity contribution < 1.29 is 9.90 Å². The van der Waals surface area contributed by atoms with Gasteiger partial charge < -0.3 is 10.8 Å². The lowest BCUT2D eigenvalue weighted by atomic mass is 9.97. The zero-order chi connectivity index (χ0) is 15.9. The average Bonchev–Trinajstić information content (AvgIpc) is 2.38. The van der Waals surface area contributed by atoms with Gasteiger partial charge in [0.05, 0.1) is 5.92 Å². The van der Waals surface area contributed by atoms with Gasteiger partial charge >= 0.3 is 5.97 Å². The van der Waals surface area contributed by atoms with E-state index in [1.54, 1.807) is 6.20 Å². The standard InChI is InChI=1S/C12H16N2O2.C4H11N/c15-12(16)11-3-6-14(7-4-11)9-10-2-1-5-13-8-10;1-4(2,3)5/h1-2,5,8,11H,3-4,6-7,9H2,(H,15,16);5H2,1-3H3. The first-order valence-corrected chi connectivity index (χ1v) is 7.38. The number of carboxylic acid groups (broad SMARTS) is 1. The van der Waals surface area contributed by atoms with E-state index in [-0.39, 0.29) is 11.5 Å². The van der Waals surface area contributed by atoms with Crippen LogP contribution in [0.4, 0.5) is 0 Å². The molecule has 1 aliphatic heterocycles. The van der Waals surface area contributed by atoms with Crippen LogP contribution in [0.25, 0.3) is 0 Å². The summed E-state index contributed by atoms with van der Waals surface area (Å²) in [5.74, 6) is -0.800. The van der Waals surface area contributed by atoms with Crippen molar-refractivity contribution in [1.82, 2.24) is 9.88 Å². The van der Waals surface area contributed by atoms with Crippen LogP contribution in [0.1, 0.15) is 39.2 Å². The van der Waals surface area contributed by atoms with Gasteiger partial charge in [0.2, 0.25) is 0 Å². The second-order valence-electron chi connectivity index (χ2n) is 6.62. The molecule has 5 heteroatoms. The first-order valence-electron chi connectivity index (χ1n) is 7.38. The number of pyridine rings is 1. The van der Waals surface area contributed by atoms with Crippen molar-refractivity contribution in [3.8, 4) is 0 Å². The predicted molar refractivity (Wildman–Crippen MR) is 83.8 cm³/mol. The van der Waals surface area contributed by atoms with Gasteiger partial charge in [-0.2, -0.15) is 0 Å². The highest BCUT2D eigenvalue weighted by molar-refractivity contribution is 5.70. The van der Waals surface area contributed by atoms with E-state index < -0.39 is 5.97 Å². The van der Waals surface area contributed by atoms with E-state index in [0.717, 1.165) is 32.5 Å². The van der Waals surface area contributed by atoms with Crippen LogP contribution in [-0.2, 0) is 11.3 Å². The van der Waals surface area contributed by atoms with Gasteiger partial charge in [0.1, 0.15) is 0 Å². The molecular formula is C16H27N3O2. The van der Waals surface area contributed by atoms with E-state index in [1.807, 2.05) is 33.0 Å². The van der Waals surface area contributed by atoms with Crippen LogP contribution < -0.4 is 5.73 Å². The van der Waals surface area contributed by atoms with Crippen LogP contribution in [0, 0.1) is 5.92 Å². The van der Waals surface area contributed by atoms with Crippen molar-refractivity contribution in [1.29, 1.82) is 0 Å².